The zero-order chi connectivity index (χ0) is 10.0. The molecular formula is C9H15NO4. The Morgan fingerprint density at radius 3 is 2.86 bits per heavy atom. The van der Waals surface area contributed by atoms with Crippen molar-refractivity contribution in [3.05, 3.63) is 0 Å². The van der Waals surface area contributed by atoms with Gasteiger partial charge in [-0.1, -0.05) is 0 Å². The van der Waals surface area contributed by atoms with Crippen molar-refractivity contribution >= 4 is 5.97 Å². The van der Waals surface area contributed by atoms with Gasteiger partial charge < -0.3 is 19.5 Å². The number of hydrogen-bond acceptors (Lipinski definition) is 5. The summed E-state index contributed by atoms with van der Waals surface area (Å²) >= 11 is 0. The Hall–Kier alpha value is -0.650. The number of piperidine rings is 1. The average molecular weight is 201 g/mol. The second-order valence-corrected chi connectivity index (χ2v) is 3.54. The van der Waals surface area contributed by atoms with Crippen LogP contribution in [0.2, 0.25) is 0 Å². The number of hydrogen-bond donors (Lipinski definition) is 1. The molecule has 0 aromatic rings. The average Bonchev–Trinajstić information content (AvgIpc) is 2.67. The standard InChI is InChI=1S/C9H15NO4/c1-12-8(11)7-6-10-3-2-9(7)13-4-5-14-9/h7,10H,2-6H2,1H3. The van der Waals surface area contributed by atoms with E-state index in [1.54, 1.807) is 0 Å². The molecule has 2 rings (SSSR count). The summed E-state index contributed by atoms with van der Waals surface area (Å²) in [6.45, 7) is 2.50. The minimum absolute atomic E-state index is 0.265. The molecule has 1 atom stereocenters. The molecule has 0 aromatic carbocycles. The number of methoxy groups -OCH3 is 1. The normalized spacial score (nSPS) is 30.5. The molecule has 0 radical (unpaired) electrons. The van der Waals surface area contributed by atoms with Crippen LogP contribution in [0.1, 0.15) is 6.42 Å². The summed E-state index contributed by atoms with van der Waals surface area (Å²) in [6.07, 6.45) is 0.701. The first-order valence-electron chi connectivity index (χ1n) is 4.85. The van der Waals surface area contributed by atoms with Crippen molar-refractivity contribution in [2.24, 2.45) is 5.92 Å². The van der Waals surface area contributed by atoms with Crippen LogP contribution < -0.4 is 5.32 Å². The highest BCUT2D eigenvalue weighted by Crippen LogP contribution is 2.34. The molecule has 2 aliphatic heterocycles. The Bertz CT molecular complexity index is 225. The maximum atomic E-state index is 11.5. The Balaban J connectivity index is 2.14. The zero-order valence-corrected chi connectivity index (χ0v) is 8.25. The first kappa shape index (κ1) is 9.89. The molecule has 0 bridgehead atoms. The highest BCUT2D eigenvalue weighted by atomic mass is 16.7. The molecule has 5 nitrogen and oxygen atoms in total. The summed E-state index contributed by atoms with van der Waals surface area (Å²) in [6, 6.07) is 0. The quantitative estimate of drug-likeness (QED) is 0.580. The fraction of sp³-hybridized carbons (Fsp3) is 0.889. The van der Waals surface area contributed by atoms with Gasteiger partial charge in [0.2, 0.25) is 0 Å². The number of ether oxygens (including phenoxy) is 3. The van der Waals surface area contributed by atoms with Crippen molar-refractivity contribution in [1.29, 1.82) is 0 Å². The lowest BCUT2D eigenvalue weighted by atomic mass is 9.92. The van der Waals surface area contributed by atoms with Crippen LogP contribution in [0.15, 0.2) is 0 Å². The smallest absolute Gasteiger partial charge is 0.315 e. The van der Waals surface area contributed by atoms with E-state index in [-0.39, 0.29) is 11.9 Å². The second kappa shape index (κ2) is 3.84. The van der Waals surface area contributed by atoms with Gasteiger partial charge in [-0.3, -0.25) is 4.79 Å². The van der Waals surface area contributed by atoms with Crippen molar-refractivity contribution in [3.8, 4) is 0 Å². The molecule has 80 valence electrons. The topological polar surface area (TPSA) is 56.8 Å². The predicted molar refractivity (Wildman–Crippen MR) is 47.6 cm³/mol. The molecule has 2 heterocycles. The number of nitrogens with one attached hydrogen (secondary N) is 1. The summed E-state index contributed by atoms with van der Waals surface area (Å²) < 4.78 is 15.8. The molecule has 1 unspecified atom stereocenters. The van der Waals surface area contributed by atoms with Crippen LogP contribution in [-0.4, -0.2) is 45.2 Å². The lowest BCUT2D eigenvalue weighted by Gasteiger charge is -2.37. The molecule has 0 aliphatic carbocycles. The van der Waals surface area contributed by atoms with E-state index in [0.29, 0.717) is 26.2 Å². The van der Waals surface area contributed by atoms with E-state index >= 15 is 0 Å². The fourth-order valence-corrected chi connectivity index (χ4v) is 2.06. The highest BCUT2D eigenvalue weighted by molar-refractivity contribution is 5.74. The number of rotatable bonds is 1. The van der Waals surface area contributed by atoms with Gasteiger partial charge in [0.25, 0.3) is 0 Å². The molecule has 0 saturated carbocycles. The maximum Gasteiger partial charge on any atom is 0.315 e. The van der Waals surface area contributed by atoms with E-state index in [1.807, 2.05) is 0 Å². The third kappa shape index (κ3) is 1.51. The molecular weight excluding hydrogens is 186 g/mol. The van der Waals surface area contributed by atoms with E-state index in [9.17, 15) is 4.79 Å². The van der Waals surface area contributed by atoms with Crippen LogP contribution in [-0.2, 0) is 19.0 Å². The van der Waals surface area contributed by atoms with E-state index < -0.39 is 5.79 Å². The minimum atomic E-state index is -0.724. The second-order valence-electron chi connectivity index (χ2n) is 3.54. The third-order valence-corrected chi connectivity index (χ3v) is 2.79. The van der Waals surface area contributed by atoms with E-state index in [4.69, 9.17) is 14.2 Å². The largest absolute Gasteiger partial charge is 0.469 e. The van der Waals surface area contributed by atoms with Crippen molar-refractivity contribution in [2.75, 3.05) is 33.4 Å². The first-order valence-corrected chi connectivity index (χ1v) is 4.85. The van der Waals surface area contributed by atoms with E-state index in [0.717, 1.165) is 6.54 Å². The van der Waals surface area contributed by atoms with Crippen molar-refractivity contribution in [3.63, 3.8) is 0 Å². The van der Waals surface area contributed by atoms with Gasteiger partial charge in [0.1, 0.15) is 5.92 Å². The van der Waals surface area contributed by atoms with Crippen LogP contribution in [0, 0.1) is 5.92 Å². The van der Waals surface area contributed by atoms with E-state index in [1.165, 1.54) is 7.11 Å². The Morgan fingerprint density at radius 2 is 2.21 bits per heavy atom. The molecule has 2 saturated heterocycles. The Kier molecular flexibility index (Phi) is 2.71. The van der Waals surface area contributed by atoms with Crippen LogP contribution in [0.5, 0.6) is 0 Å². The summed E-state index contributed by atoms with van der Waals surface area (Å²) in [5, 5.41) is 3.14. The molecule has 2 fully saturated rings. The number of carbonyl (C=O) groups is 1. The van der Waals surface area contributed by atoms with Crippen molar-refractivity contribution in [1.82, 2.24) is 5.32 Å². The summed E-state index contributed by atoms with van der Waals surface area (Å²) in [5.74, 6) is -1.33. The SMILES string of the molecule is COC(=O)C1CNCCC12OCCO2. The Morgan fingerprint density at radius 1 is 1.50 bits per heavy atom. The van der Waals surface area contributed by atoms with Crippen LogP contribution in [0.4, 0.5) is 0 Å². The lowest BCUT2D eigenvalue weighted by Crippen LogP contribution is -2.54. The van der Waals surface area contributed by atoms with Crippen molar-refractivity contribution in [2.45, 2.75) is 12.2 Å². The molecule has 2 aliphatic rings. The van der Waals surface area contributed by atoms with E-state index in [2.05, 4.69) is 5.32 Å². The van der Waals surface area contributed by atoms with Crippen LogP contribution in [0.25, 0.3) is 0 Å². The van der Waals surface area contributed by atoms with Gasteiger partial charge in [0, 0.05) is 19.5 Å². The molecule has 5 heteroatoms. The lowest BCUT2D eigenvalue weighted by molar-refractivity contribution is -0.216. The number of carbonyl (C=O) groups excluding carboxylic acids is 1. The maximum absolute atomic E-state index is 11.5. The molecule has 1 spiro atoms. The first-order chi connectivity index (χ1) is 6.78. The van der Waals surface area contributed by atoms with Gasteiger partial charge in [0.05, 0.1) is 20.3 Å². The minimum Gasteiger partial charge on any atom is -0.469 e. The predicted octanol–water partition coefficient (Wildman–Crippen LogP) is -0.488. The van der Waals surface area contributed by atoms with Gasteiger partial charge >= 0.3 is 5.97 Å². The molecule has 0 aromatic heterocycles. The van der Waals surface area contributed by atoms with Gasteiger partial charge in [-0.25, -0.2) is 0 Å². The molecule has 1 N–H and O–H groups in total. The van der Waals surface area contributed by atoms with Gasteiger partial charge in [-0.05, 0) is 0 Å². The summed E-state index contributed by atoms with van der Waals surface area (Å²) in [4.78, 5) is 11.5. The fourth-order valence-electron chi connectivity index (χ4n) is 2.06. The van der Waals surface area contributed by atoms with Gasteiger partial charge in [-0.2, -0.15) is 0 Å². The van der Waals surface area contributed by atoms with Crippen LogP contribution in [0.3, 0.4) is 0 Å². The highest BCUT2D eigenvalue weighted by Gasteiger charge is 2.50. The van der Waals surface area contributed by atoms with Crippen LogP contribution >= 0.6 is 0 Å². The Labute approximate surface area is 82.7 Å². The van der Waals surface area contributed by atoms with Gasteiger partial charge in [-0.15, -0.1) is 0 Å². The molecule has 0 amide bonds. The summed E-state index contributed by atoms with van der Waals surface area (Å²) in [5.41, 5.74) is 0. The monoisotopic (exact) mass is 201 g/mol. The number of esters is 1. The van der Waals surface area contributed by atoms with Gasteiger partial charge in [0.15, 0.2) is 5.79 Å². The van der Waals surface area contributed by atoms with Crippen molar-refractivity contribution < 1.29 is 19.0 Å². The molecule has 14 heavy (non-hydrogen) atoms. The third-order valence-electron chi connectivity index (χ3n) is 2.79. The summed E-state index contributed by atoms with van der Waals surface area (Å²) in [7, 11) is 1.39. The zero-order valence-electron chi connectivity index (χ0n) is 8.25.